The summed E-state index contributed by atoms with van der Waals surface area (Å²) in [5, 5.41) is 12.8. The number of aromatic nitrogens is 2. The van der Waals surface area contributed by atoms with Gasteiger partial charge >= 0.3 is 0 Å². The summed E-state index contributed by atoms with van der Waals surface area (Å²) in [7, 11) is 1.58. The van der Waals surface area contributed by atoms with E-state index >= 15 is 0 Å². The lowest BCUT2D eigenvalue weighted by Crippen LogP contribution is -2.07. The van der Waals surface area contributed by atoms with E-state index in [2.05, 4.69) is 15.5 Å². The van der Waals surface area contributed by atoms with Crippen LogP contribution in [-0.2, 0) is 11.2 Å². The van der Waals surface area contributed by atoms with Crippen LogP contribution in [0.3, 0.4) is 0 Å². The lowest BCUT2D eigenvalue weighted by Gasteiger charge is -2.09. The van der Waals surface area contributed by atoms with E-state index in [1.807, 2.05) is 49.4 Å². The van der Waals surface area contributed by atoms with Gasteiger partial charge in [0.1, 0.15) is 5.01 Å². The third kappa shape index (κ3) is 6.04. The first-order valence-corrected chi connectivity index (χ1v) is 10.1. The largest absolute Gasteiger partial charge is 0.493 e. The molecule has 3 aromatic rings. The maximum absolute atomic E-state index is 12.2. The number of anilines is 1. The highest BCUT2D eigenvalue weighted by Gasteiger charge is 2.08. The summed E-state index contributed by atoms with van der Waals surface area (Å²) in [6, 6.07) is 13.0. The van der Waals surface area contributed by atoms with E-state index < -0.39 is 0 Å². The number of nitrogens with one attached hydrogen (secondary N) is 1. The molecule has 0 saturated carbocycles. The van der Waals surface area contributed by atoms with Crippen molar-refractivity contribution in [2.45, 2.75) is 13.3 Å². The molecule has 0 spiro atoms. The molecule has 29 heavy (non-hydrogen) atoms. The van der Waals surface area contributed by atoms with Gasteiger partial charge in [0.15, 0.2) is 11.5 Å². The average Bonchev–Trinajstić information content (AvgIpc) is 3.15. The summed E-state index contributed by atoms with van der Waals surface area (Å²) in [5.41, 5.74) is 1.90. The van der Waals surface area contributed by atoms with Gasteiger partial charge in [-0.3, -0.25) is 10.1 Å². The molecule has 1 heterocycles. The van der Waals surface area contributed by atoms with Crippen LogP contribution < -0.4 is 14.8 Å². The monoisotopic (exact) mass is 429 g/mol. The molecule has 1 amide bonds. The second-order valence-corrected chi connectivity index (χ2v) is 7.47. The van der Waals surface area contributed by atoms with Crippen LogP contribution in [-0.4, -0.2) is 29.8 Å². The molecule has 1 N–H and O–H groups in total. The Morgan fingerprint density at radius 2 is 1.97 bits per heavy atom. The highest BCUT2D eigenvalue weighted by atomic mass is 35.5. The van der Waals surface area contributed by atoms with Gasteiger partial charge < -0.3 is 9.47 Å². The van der Waals surface area contributed by atoms with Gasteiger partial charge in [-0.1, -0.05) is 41.1 Å². The fourth-order valence-electron chi connectivity index (χ4n) is 2.53. The van der Waals surface area contributed by atoms with Crippen molar-refractivity contribution in [3.05, 3.63) is 69.7 Å². The fraction of sp³-hybridized carbons (Fsp3) is 0.190. The average molecular weight is 430 g/mol. The second-order valence-electron chi connectivity index (χ2n) is 5.97. The highest BCUT2D eigenvalue weighted by molar-refractivity contribution is 7.15. The molecule has 0 aliphatic rings. The molecule has 0 radical (unpaired) electrons. The minimum Gasteiger partial charge on any atom is -0.493 e. The highest BCUT2D eigenvalue weighted by Crippen LogP contribution is 2.28. The molecule has 0 unspecified atom stereocenters. The third-order valence-corrected chi connectivity index (χ3v) is 4.97. The zero-order valence-electron chi connectivity index (χ0n) is 16.0. The number of hydrogen-bond acceptors (Lipinski definition) is 6. The quantitative estimate of drug-likeness (QED) is 0.518. The Balaban J connectivity index is 1.59. The lowest BCUT2D eigenvalue weighted by molar-refractivity contribution is -0.111. The van der Waals surface area contributed by atoms with Crippen LogP contribution in [0, 0.1) is 0 Å². The van der Waals surface area contributed by atoms with E-state index in [1.165, 1.54) is 17.4 Å². The van der Waals surface area contributed by atoms with Crippen LogP contribution in [0.2, 0.25) is 5.02 Å². The summed E-state index contributed by atoms with van der Waals surface area (Å²) < 4.78 is 10.8. The summed E-state index contributed by atoms with van der Waals surface area (Å²) in [6.07, 6.45) is 3.77. The Bertz CT molecular complexity index is 1000. The number of methoxy groups -OCH3 is 1. The fourth-order valence-corrected chi connectivity index (χ4v) is 3.44. The zero-order chi connectivity index (χ0) is 20.6. The van der Waals surface area contributed by atoms with E-state index in [0.717, 1.165) is 16.1 Å². The van der Waals surface area contributed by atoms with E-state index in [-0.39, 0.29) is 5.91 Å². The molecule has 0 atom stereocenters. The molecule has 0 fully saturated rings. The standard InChI is InChI=1S/C21H20ClN3O3S/c1-3-28-17-10-6-14(12-18(17)27-2)7-11-19(26)23-21-25-24-20(29-21)13-15-4-8-16(22)9-5-15/h4-12H,3,13H2,1-2H3,(H,23,25,26)/b11-7+. The molecule has 8 heteroatoms. The number of ether oxygens (including phenoxy) is 2. The van der Waals surface area contributed by atoms with E-state index in [0.29, 0.717) is 34.7 Å². The number of amides is 1. The molecule has 6 nitrogen and oxygen atoms in total. The minimum absolute atomic E-state index is 0.285. The van der Waals surface area contributed by atoms with Crippen molar-refractivity contribution in [2.75, 3.05) is 19.0 Å². The number of benzene rings is 2. The van der Waals surface area contributed by atoms with Gasteiger partial charge in [-0.05, 0) is 48.4 Å². The predicted molar refractivity (Wildman–Crippen MR) is 116 cm³/mol. The van der Waals surface area contributed by atoms with Crippen LogP contribution in [0.1, 0.15) is 23.1 Å². The maximum atomic E-state index is 12.2. The summed E-state index contributed by atoms with van der Waals surface area (Å²) >= 11 is 7.23. The number of carbonyl (C=O) groups excluding carboxylic acids is 1. The van der Waals surface area contributed by atoms with E-state index in [9.17, 15) is 4.79 Å². The number of rotatable bonds is 8. The molecule has 0 aliphatic carbocycles. The number of carbonyl (C=O) groups is 1. The van der Waals surface area contributed by atoms with Gasteiger partial charge in [0, 0.05) is 17.5 Å². The molecule has 2 aromatic carbocycles. The Morgan fingerprint density at radius 3 is 2.69 bits per heavy atom. The molecular weight excluding hydrogens is 410 g/mol. The molecule has 0 aliphatic heterocycles. The molecule has 0 bridgehead atoms. The first kappa shape index (κ1) is 20.8. The van der Waals surface area contributed by atoms with Crippen molar-refractivity contribution >= 4 is 40.1 Å². The van der Waals surface area contributed by atoms with Gasteiger partial charge in [0.05, 0.1) is 13.7 Å². The zero-order valence-corrected chi connectivity index (χ0v) is 17.6. The smallest absolute Gasteiger partial charge is 0.250 e. The summed E-state index contributed by atoms with van der Waals surface area (Å²) in [6.45, 7) is 2.46. The molecule has 0 saturated heterocycles. The Morgan fingerprint density at radius 1 is 1.17 bits per heavy atom. The van der Waals surface area contributed by atoms with Crippen LogP contribution in [0.5, 0.6) is 11.5 Å². The third-order valence-electron chi connectivity index (χ3n) is 3.88. The Hall–Kier alpha value is -2.90. The molecule has 3 rings (SSSR count). The second kappa shape index (κ2) is 10.0. The van der Waals surface area contributed by atoms with Crippen LogP contribution in [0.25, 0.3) is 6.08 Å². The van der Waals surface area contributed by atoms with Crippen molar-refractivity contribution < 1.29 is 14.3 Å². The molecule has 150 valence electrons. The lowest BCUT2D eigenvalue weighted by atomic mass is 10.2. The van der Waals surface area contributed by atoms with Crippen molar-refractivity contribution in [2.24, 2.45) is 0 Å². The number of halogens is 1. The van der Waals surface area contributed by atoms with Gasteiger partial charge in [-0.25, -0.2) is 0 Å². The van der Waals surface area contributed by atoms with Gasteiger partial charge in [0.25, 0.3) is 0 Å². The Labute approximate surface area is 178 Å². The number of hydrogen-bond donors (Lipinski definition) is 1. The first-order valence-electron chi connectivity index (χ1n) is 8.94. The van der Waals surface area contributed by atoms with Gasteiger partial charge in [-0.15, -0.1) is 10.2 Å². The first-order chi connectivity index (χ1) is 14.1. The number of nitrogens with zero attached hydrogens (tertiary/aromatic N) is 2. The van der Waals surface area contributed by atoms with Crippen LogP contribution in [0.4, 0.5) is 5.13 Å². The topological polar surface area (TPSA) is 73.3 Å². The normalized spacial score (nSPS) is 10.9. The van der Waals surface area contributed by atoms with Crippen molar-refractivity contribution in [1.29, 1.82) is 0 Å². The van der Waals surface area contributed by atoms with E-state index in [4.69, 9.17) is 21.1 Å². The van der Waals surface area contributed by atoms with Gasteiger partial charge in [-0.2, -0.15) is 0 Å². The summed E-state index contributed by atoms with van der Waals surface area (Å²) in [4.78, 5) is 12.2. The van der Waals surface area contributed by atoms with Crippen molar-refractivity contribution in [3.8, 4) is 11.5 Å². The maximum Gasteiger partial charge on any atom is 0.250 e. The van der Waals surface area contributed by atoms with Crippen molar-refractivity contribution in [3.63, 3.8) is 0 Å². The minimum atomic E-state index is -0.285. The molecule has 1 aromatic heterocycles. The summed E-state index contributed by atoms with van der Waals surface area (Å²) in [5.74, 6) is 0.996. The van der Waals surface area contributed by atoms with E-state index in [1.54, 1.807) is 13.2 Å². The van der Waals surface area contributed by atoms with Gasteiger partial charge in [0.2, 0.25) is 11.0 Å². The van der Waals surface area contributed by atoms with Crippen LogP contribution >= 0.6 is 22.9 Å². The molecular formula is C21H20ClN3O3S. The SMILES string of the molecule is CCOc1ccc(/C=C/C(=O)Nc2nnc(Cc3ccc(Cl)cc3)s2)cc1OC. The predicted octanol–water partition coefficient (Wildman–Crippen LogP) is 4.84. The van der Waals surface area contributed by atoms with Crippen molar-refractivity contribution in [1.82, 2.24) is 10.2 Å². The Kier molecular flexibility index (Phi) is 7.21. The van der Waals surface area contributed by atoms with Crippen LogP contribution in [0.15, 0.2) is 48.5 Å².